The Bertz CT molecular complexity index is 731. The zero-order valence-electron chi connectivity index (χ0n) is 15.3. The highest BCUT2D eigenvalue weighted by Gasteiger charge is 2.43. The van der Waals surface area contributed by atoms with Crippen LogP contribution < -0.4 is 0 Å². The minimum Gasteiger partial charge on any atom is -0.366 e. The fourth-order valence-electron chi connectivity index (χ4n) is 3.03. The van der Waals surface area contributed by atoms with Gasteiger partial charge in [0.15, 0.2) is 12.6 Å². The van der Waals surface area contributed by atoms with Crippen molar-refractivity contribution < 1.29 is 23.7 Å². The molecule has 0 aromatic heterocycles. The zero-order chi connectivity index (χ0) is 19.1. The normalized spacial score (nSPS) is 25.3. The van der Waals surface area contributed by atoms with E-state index in [2.05, 4.69) is 6.58 Å². The van der Waals surface area contributed by atoms with Crippen LogP contribution in [0.15, 0.2) is 72.8 Å². The Morgan fingerprint density at radius 1 is 0.963 bits per heavy atom. The van der Waals surface area contributed by atoms with Crippen LogP contribution >= 0.6 is 0 Å². The summed E-state index contributed by atoms with van der Waals surface area (Å²) < 4.78 is 23.3. The van der Waals surface area contributed by atoms with E-state index in [-0.39, 0.29) is 0 Å². The fourth-order valence-corrected chi connectivity index (χ4v) is 3.03. The van der Waals surface area contributed by atoms with Crippen molar-refractivity contribution in [2.24, 2.45) is 0 Å². The third-order valence-corrected chi connectivity index (χ3v) is 4.49. The lowest BCUT2D eigenvalue weighted by atomic mass is 9.97. The molecule has 142 valence electrons. The number of carbonyl (C=O) groups is 1. The lowest BCUT2D eigenvalue weighted by Gasteiger charge is -2.40. The SMILES string of the molecule is C=C1[C@@H](C=O)O[C@H](OC)[C@H](OCc2ccccc2)[C@H]1OCc1ccccc1. The summed E-state index contributed by atoms with van der Waals surface area (Å²) in [6, 6.07) is 19.6. The van der Waals surface area contributed by atoms with E-state index in [0.29, 0.717) is 25.1 Å². The van der Waals surface area contributed by atoms with E-state index >= 15 is 0 Å². The van der Waals surface area contributed by atoms with Crippen LogP contribution in [0.2, 0.25) is 0 Å². The number of benzene rings is 2. The highest BCUT2D eigenvalue weighted by Crippen LogP contribution is 2.30. The molecule has 0 bridgehead atoms. The molecule has 0 N–H and O–H groups in total. The third kappa shape index (κ3) is 4.90. The van der Waals surface area contributed by atoms with Crippen molar-refractivity contribution in [3.05, 3.63) is 83.9 Å². The number of rotatable bonds is 8. The molecule has 5 heteroatoms. The summed E-state index contributed by atoms with van der Waals surface area (Å²) in [5, 5.41) is 0. The Kier molecular flexibility index (Phi) is 6.90. The first-order chi connectivity index (χ1) is 13.2. The van der Waals surface area contributed by atoms with Crippen LogP contribution in [0, 0.1) is 0 Å². The molecule has 0 radical (unpaired) electrons. The van der Waals surface area contributed by atoms with E-state index < -0.39 is 24.6 Å². The Balaban J connectivity index is 1.75. The number of methoxy groups -OCH3 is 1. The molecule has 0 unspecified atom stereocenters. The number of carbonyl (C=O) groups excluding carboxylic acids is 1. The summed E-state index contributed by atoms with van der Waals surface area (Å²) in [6.07, 6.45) is -1.87. The minimum absolute atomic E-state index is 0.373. The van der Waals surface area contributed by atoms with Crippen molar-refractivity contribution in [3.63, 3.8) is 0 Å². The third-order valence-electron chi connectivity index (χ3n) is 4.49. The molecule has 1 aliphatic heterocycles. The van der Waals surface area contributed by atoms with Gasteiger partial charge in [0, 0.05) is 7.11 Å². The molecule has 1 saturated heterocycles. The monoisotopic (exact) mass is 368 g/mol. The van der Waals surface area contributed by atoms with Gasteiger partial charge in [-0.3, -0.25) is 0 Å². The van der Waals surface area contributed by atoms with Crippen LogP contribution in [0.4, 0.5) is 0 Å². The van der Waals surface area contributed by atoms with E-state index in [1.807, 2.05) is 60.7 Å². The quantitative estimate of drug-likeness (QED) is 0.529. The van der Waals surface area contributed by atoms with E-state index in [4.69, 9.17) is 18.9 Å². The summed E-state index contributed by atoms with van der Waals surface area (Å²) in [6.45, 7) is 4.76. The highest BCUT2D eigenvalue weighted by molar-refractivity contribution is 5.62. The molecular weight excluding hydrogens is 344 g/mol. The van der Waals surface area contributed by atoms with Gasteiger partial charge >= 0.3 is 0 Å². The maximum Gasteiger partial charge on any atom is 0.187 e. The van der Waals surface area contributed by atoms with Gasteiger partial charge in [-0.05, 0) is 16.7 Å². The lowest BCUT2D eigenvalue weighted by molar-refractivity contribution is -0.254. The maximum atomic E-state index is 11.4. The van der Waals surface area contributed by atoms with Crippen LogP contribution in [0.25, 0.3) is 0 Å². The molecule has 1 heterocycles. The second-order valence-electron chi connectivity index (χ2n) is 6.35. The molecule has 0 amide bonds. The first-order valence-electron chi connectivity index (χ1n) is 8.86. The van der Waals surface area contributed by atoms with Gasteiger partial charge < -0.3 is 23.7 Å². The summed E-state index contributed by atoms with van der Waals surface area (Å²) in [4.78, 5) is 11.4. The van der Waals surface area contributed by atoms with Crippen LogP contribution in [0.1, 0.15) is 11.1 Å². The van der Waals surface area contributed by atoms with Gasteiger partial charge in [0.1, 0.15) is 18.3 Å². The van der Waals surface area contributed by atoms with Gasteiger partial charge in [-0.25, -0.2) is 0 Å². The Morgan fingerprint density at radius 2 is 1.52 bits per heavy atom. The fraction of sp³-hybridized carbons (Fsp3) is 0.318. The molecule has 0 spiro atoms. The van der Waals surface area contributed by atoms with E-state index in [1.165, 1.54) is 7.11 Å². The number of aldehydes is 1. The van der Waals surface area contributed by atoms with Crippen LogP contribution in [0.5, 0.6) is 0 Å². The second kappa shape index (κ2) is 9.58. The van der Waals surface area contributed by atoms with Crippen molar-refractivity contribution in [2.45, 2.75) is 37.8 Å². The molecule has 3 rings (SSSR count). The van der Waals surface area contributed by atoms with Crippen molar-refractivity contribution in [1.82, 2.24) is 0 Å². The smallest absolute Gasteiger partial charge is 0.187 e. The molecule has 1 fully saturated rings. The molecular formula is C22H24O5. The first-order valence-corrected chi connectivity index (χ1v) is 8.86. The average Bonchev–Trinajstić information content (AvgIpc) is 2.73. The van der Waals surface area contributed by atoms with Crippen molar-refractivity contribution in [3.8, 4) is 0 Å². The molecule has 5 nitrogen and oxygen atoms in total. The molecule has 2 aromatic carbocycles. The summed E-state index contributed by atoms with van der Waals surface area (Å²) in [7, 11) is 1.52. The van der Waals surface area contributed by atoms with Gasteiger partial charge in [0.25, 0.3) is 0 Å². The molecule has 1 aliphatic rings. The number of hydrogen-bond donors (Lipinski definition) is 0. The summed E-state index contributed by atoms with van der Waals surface area (Å²) in [5.41, 5.74) is 2.58. The molecule has 0 aliphatic carbocycles. The predicted molar refractivity (Wildman–Crippen MR) is 101 cm³/mol. The summed E-state index contributed by atoms with van der Waals surface area (Å²) in [5.74, 6) is 0. The maximum absolute atomic E-state index is 11.4. The Hall–Kier alpha value is -2.31. The van der Waals surface area contributed by atoms with Gasteiger partial charge in [-0.1, -0.05) is 67.2 Å². The van der Waals surface area contributed by atoms with Crippen molar-refractivity contribution >= 4 is 6.29 Å². The molecule has 27 heavy (non-hydrogen) atoms. The topological polar surface area (TPSA) is 54.0 Å². The van der Waals surface area contributed by atoms with E-state index in [0.717, 1.165) is 11.1 Å². The largest absolute Gasteiger partial charge is 0.366 e. The molecule has 2 aromatic rings. The average molecular weight is 368 g/mol. The van der Waals surface area contributed by atoms with Gasteiger partial charge in [-0.2, -0.15) is 0 Å². The zero-order valence-corrected chi connectivity index (χ0v) is 15.3. The van der Waals surface area contributed by atoms with E-state index in [1.54, 1.807) is 0 Å². The second-order valence-corrected chi connectivity index (χ2v) is 6.35. The van der Waals surface area contributed by atoms with Crippen molar-refractivity contribution in [2.75, 3.05) is 7.11 Å². The Labute approximate surface area is 159 Å². The van der Waals surface area contributed by atoms with Gasteiger partial charge in [0.05, 0.1) is 13.2 Å². The van der Waals surface area contributed by atoms with Crippen LogP contribution in [0.3, 0.4) is 0 Å². The standard InChI is InChI=1S/C22H24O5/c1-16-19(13-23)27-22(24-2)21(26-15-18-11-7-4-8-12-18)20(16)25-14-17-9-5-3-6-10-17/h3-13,19-22H,1,14-15H2,2H3/t19-,20+,21-,22+/m1/s1. The van der Waals surface area contributed by atoms with Crippen molar-refractivity contribution in [1.29, 1.82) is 0 Å². The first kappa shape index (κ1) is 19.5. The lowest BCUT2D eigenvalue weighted by Crippen LogP contribution is -2.53. The Morgan fingerprint density at radius 3 is 2.04 bits per heavy atom. The molecule has 0 saturated carbocycles. The minimum atomic E-state index is -0.785. The van der Waals surface area contributed by atoms with Gasteiger partial charge in [-0.15, -0.1) is 0 Å². The van der Waals surface area contributed by atoms with Crippen LogP contribution in [-0.4, -0.2) is 38.0 Å². The van der Waals surface area contributed by atoms with Crippen LogP contribution in [-0.2, 0) is 37.0 Å². The van der Waals surface area contributed by atoms with E-state index in [9.17, 15) is 4.79 Å². The number of hydrogen-bond acceptors (Lipinski definition) is 5. The number of ether oxygens (including phenoxy) is 4. The van der Waals surface area contributed by atoms with Gasteiger partial charge in [0.2, 0.25) is 0 Å². The highest BCUT2D eigenvalue weighted by atomic mass is 16.7. The predicted octanol–water partition coefficient (Wildman–Crippen LogP) is 3.28. The summed E-state index contributed by atoms with van der Waals surface area (Å²) >= 11 is 0. The molecule has 4 atom stereocenters.